The molecular weight excluding hydrogens is 303 g/mol. The lowest BCUT2D eigenvalue weighted by Gasteiger charge is -2.11. The van der Waals surface area contributed by atoms with Crippen LogP contribution in [-0.4, -0.2) is 11.0 Å². The Hall–Kier alpha value is -0.840. The maximum atomic E-state index is 11.6. The van der Waals surface area contributed by atoms with E-state index in [4.69, 9.17) is 35.4 Å². The van der Waals surface area contributed by atoms with Crippen molar-refractivity contribution in [2.45, 2.75) is 32.6 Å². The number of amides is 1. The van der Waals surface area contributed by atoms with Crippen LogP contribution in [0.3, 0.4) is 0 Å². The average Bonchev–Trinajstić information content (AvgIpc) is 2.35. The van der Waals surface area contributed by atoms with Crippen molar-refractivity contribution in [1.29, 1.82) is 0 Å². The van der Waals surface area contributed by atoms with E-state index in [2.05, 4.69) is 17.6 Å². The summed E-state index contributed by atoms with van der Waals surface area (Å²) in [6.07, 6.45) is 3.45. The zero-order valence-corrected chi connectivity index (χ0v) is 13.0. The van der Waals surface area contributed by atoms with Crippen LogP contribution in [0.1, 0.15) is 32.6 Å². The molecule has 1 amide bonds. The van der Waals surface area contributed by atoms with Crippen molar-refractivity contribution in [2.24, 2.45) is 0 Å². The van der Waals surface area contributed by atoms with Crippen molar-refractivity contribution < 1.29 is 4.79 Å². The first-order valence-corrected chi connectivity index (χ1v) is 7.26. The molecule has 0 aliphatic carbocycles. The number of rotatable bonds is 5. The quantitative estimate of drug-likeness (QED) is 0.625. The van der Waals surface area contributed by atoms with E-state index < -0.39 is 0 Å². The molecule has 0 spiro atoms. The fourth-order valence-electron chi connectivity index (χ4n) is 1.48. The highest BCUT2D eigenvalue weighted by atomic mass is 35.5. The summed E-state index contributed by atoms with van der Waals surface area (Å²) in [6.45, 7) is 2.09. The maximum absolute atomic E-state index is 11.6. The first kappa shape index (κ1) is 16.2. The third-order valence-electron chi connectivity index (χ3n) is 2.46. The number of anilines is 1. The van der Waals surface area contributed by atoms with E-state index in [0.29, 0.717) is 22.2 Å². The zero-order valence-electron chi connectivity index (χ0n) is 10.6. The van der Waals surface area contributed by atoms with E-state index in [9.17, 15) is 4.79 Å². The average molecular weight is 319 g/mol. The molecule has 1 aromatic rings. The topological polar surface area (TPSA) is 41.1 Å². The van der Waals surface area contributed by atoms with Gasteiger partial charge in [-0.25, -0.2) is 0 Å². The molecule has 0 radical (unpaired) electrons. The van der Waals surface area contributed by atoms with Gasteiger partial charge in [-0.15, -0.1) is 0 Å². The summed E-state index contributed by atoms with van der Waals surface area (Å²) >= 11 is 16.9. The highest BCUT2D eigenvalue weighted by Crippen LogP contribution is 2.29. The van der Waals surface area contributed by atoms with Crippen molar-refractivity contribution in [1.82, 2.24) is 5.32 Å². The Balaban J connectivity index is 2.47. The van der Waals surface area contributed by atoms with Gasteiger partial charge in [0.05, 0.1) is 15.7 Å². The predicted molar refractivity (Wildman–Crippen MR) is 85.0 cm³/mol. The van der Waals surface area contributed by atoms with Crippen LogP contribution >= 0.6 is 35.4 Å². The minimum atomic E-state index is -0.0934. The fourth-order valence-corrected chi connectivity index (χ4v) is 2.05. The number of hydrogen-bond acceptors (Lipinski definition) is 2. The van der Waals surface area contributed by atoms with E-state index in [1.807, 2.05) is 0 Å². The second-order valence-corrected chi connectivity index (χ2v) is 5.25. The highest BCUT2D eigenvalue weighted by Gasteiger charge is 2.08. The zero-order chi connectivity index (χ0) is 14.3. The summed E-state index contributed by atoms with van der Waals surface area (Å²) in [4.78, 5) is 11.6. The Bertz CT molecular complexity index is 466. The van der Waals surface area contributed by atoms with Gasteiger partial charge in [-0.1, -0.05) is 49.0 Å². The van der Waals surface area contributed by atoms with Crippen LogP contribution in [0.25, 0.3) is 0 Å². The van der Waals surface area contributed by atoms with Gasteiger partial charge in [0.1, 0.15) is 0 Å². The smallest absolute Gasteiger partial charge is 0.226 e. The largest absolute Gasteiger partial charge is 0.331 e. The van der Waals surface area contributed by atoms with Crippen LogP contribution in [0.4, 0.5) is 5.69 Å². The van der Waals surface area contributed by atoms with E-state index in [0.717, 1.165) is 19.3 Å². The van der Waals surface area contributed by atoms with E-state index in [-0.39, 0.29) is 11.0 Å². The Morgan fingerprint density at radius 2 is 2.05 bits per heavy atom. The number of nitrogens with one attached hydrogen (secondary N) is 2. The summed E-state index contributed by atoms with van der Waals surface area (Å²) < 4.78 is 0. The molecule has 0 aliphatic heterocycles. The van der Waals surface area contributed by atoms with E-state index in [1.165, 1.54) is 0 Å². The van der Waals surface area contributed by atoms with Crippen LogP contribution in [0.5, 0.6) is 0 Å². The summed E-state index contributed by atoms with van der Waals surface area (Å²) in [5.74, 6) is -0.0934. The molecule has 0 aliphatic rings. The predicted octanol–water partition coefficient (Wildman–Crippen LogP) is 4.39. The van der Waals surface area contributed by atoms with Crippen LogP contribution in [0.2, 0.25) is 10.0 Å². The number of thiocarbonyl (C=S) groups is 1. The Kier molecular flexibility index (Phi) is 7.13. The lowest BCUT2D eigenvalue weighted by atomic mass is 10.2. The SMILES string of the molecule is CCCCCC(=O)NC(=S)Nc1cccc(Cl)c1Cl. The van der Waals surface area contributed by atoms with Crippen molar-refractivity contribution in [2.75, 3.05) is 5.32 Å². The molecule has 0 saturated heterocycles. The van der Waals surface area contributed by atoms with Crippen molar-refractivity contribution in [3.8, 4) is 0 Å². The van der Waals surface area contributed by atoms with Crippen LogP contribution in [-0.2, 0) is 4.79 Å². The number of hydrogen-bond donors (Lipinski definition) is 2. The first-order valence-electron chi connectivity index (χ1n) is 6.09. The van der Waals surface area contributed by atoms with Gasteiger partial charge in [-0.05, 0) is 30.8 Å². The fraction of sp³-hybridized carbons (Fsp3) is 0.385. The van der Waals surface area contributed by atoms with Crippen molar-refractivity contribution in [3.05, 3.63) is 28.2 Å². The molecule has 0 fully saturated rings. The third-order valence-corrected chi connectivity index (χ3v) is 3.48. The second kappa shape index (κ2) is 8.35. The summed E-state index contributed by atoms with van der Waals surface area (Å²) in [6, 6.07) is 5.17. The molecule has 3 nitrogen and oxygen atoms in total. The molecule has 19 heavy (non-hydrogen) atoms. The molecule has 1 rings (SSSR count). The molecule has 2 N–H and O–H groups in total. The third kappa shape index (κ3) is 5.76. The standard InChI is InChI=1S/C13H16Cl2N2OS/c1-2-3-4-8-11(18)17-13(19)16-10-7-5-6-9(14)12(10)15/h5-7H,2-4,8H2,1H3,(H2,16,17,18,19). The highest BCUT2D eigenvalue weighted by molar-refractivity contribution is 7.80. The molecule has 0 atom stereocenters. The second-order valence-electron chi connectivity index (χ2n) is 4.06. The Morgan fingerprint density at radius 3 is 2.74 bits per heavy atom. The Labute approximate surface area is 128 Å². The van der Waals surface area contributed by atoms with Crippen molar-refractivity contribution in [3.63, 3.8) is 0 Å². The van der Waals surface area contributed by atoms with Crippen molar-refractivity contribution >= 4 is 52.1 Å². The number of carbonyl (C=O) groups excluding carboxylic acids is 1. The molecule has 0 aromatic heterocycles. The minimum Gasteiger partial charge on any atom is -0.331 e. The van der Waals surface area contributed by atoms with E-state index in [1.54, 1.807) is 18.2 Å². The molecule has 1 aromatic carbocycles. The molecule has 0 bridgehead atoms. The van der Waals surface area contributed by atoms with Gasteiger partial charge in [0.2, 0.25) is 5.91 Å². The van der Waals surface area contributed by atoms with Gasteiger partial charge in [0.15, 0.2) is 5.11 Å². The lowest BCUT2D eigenvalue weighted by molar-refractivity contribution is -0.119. The number of halogens is 2. The summed E-state index contributed by atoms with van der Waals surface area (Å²) in [7, 11) is 0. The molecule has 104 valence electrons. The van der Waals surface area contributed by atoms with Gasteiger partial charge >= 0.3 is 0 Å². The Morgan fingerprint density at radius 1 is 1.32 bits per heavy atom. The number of benzene rings is 1. The molecule has 0 heterocycles. The molecular formula is C13H16Cl2N2OS. The monoisotopic (exact) mass is 318 g/mol. The van der Waals surface area contributed by atoms with Crippen LogP contribution < -0.4 is 10.6 Å². The summed E-state index contributed by atoms with van der Waals surface area (Å²) in [5.41, 5.74) is 0.577. The number of unbranched alkanes of at least 4 members (excludes halogenated alkanes) is 2. The molecule has 0 saturated carbocycles. The van der Waals surface area contributed by atoms with E-state index >= 15 is 0 Å². The van der Waals surface area contributed by atoms with Gasteiger partial charge in [-0.2, -0.15) is 0 Å². The normalized spacial score (nSPS) is 10.1. The molecule has 6 heteroatoms. The lowest BCUT2D eigenvalue weighted by Crippen LogP contribution is -2.34. The molecule has 0 unspecified atom stereocenters. The van der Waals surface area contributed by atoms with Crippen LogP contribution in [0, 0.1) is 0 Å². The van der Waals surface area contributed by atoms with Crippen LogP contribution in [0.15, 0.2) is 18.2 Å². The maximum Gasteiger partial charge on any atom is 0.226 e. The van der Waals surface area contributed by atoms with Gasteiger partial charge < -0.3 is 10.6 Å². The summed E-state index contributed by atoms with van der Waals surface area (Å²) in [5, 5.41) is 6.51. The van der Waals surface area contributed by atoms with Gasteiger partial charge in [0, 0.05) is 6.42 Å². The number of carbonyl (C=O) groups is 1. The van der Waals surface area contributed by atoms with Gasteiger partial charge in [0.25, 0.3) is 0 Å². The first-order chi connectivity index (χ1) is 9.04. The minimum absolute atomic E-state index is 0.0934. The van der Waals surface area contributed by atoms with Gasteiger partial charge in [-0.3, -0.25) is 4.79 Å².